The Morgan fingerprint density at radius 1 is 1.38 bits per heavy atom. The molecule has 1 fully saturated rings. The molecule has 1 rings (SSSR count). The van der Waals surface area contributed by atoms with Gasteiger partial charge in [0.15, 0.2) is 0 Å². The van der Waals surface area contributed by atoms with Crippen LogP contribution in [0.25, 0.3) is 0 Å². The number of aliphatic hydroxyl groups excluding tert-OH is 1. The zero-order valence-electron chi connectivity index (χ0n) is 10.2. The summed E-state index contributed by atoms with van der Waals surface area (Å²) in [7, 11) is 0. The van der Waals surface area contributed by atoms with Crippen molar-refractivity contribution in [3.05, 3.63) is 0 Å². The smallest absolute Gasteiger partial charge is 0.407 e. The average Bonchev–Trinajstić information content (AvgIpc) is 2.29. The van der Waals surface area contributed by atoms with Crippen molar-refractivity contribution in [2.75, 3.05) is 13.2 Å². The summed E-state index contributed by atoms with van der Waals surface area (Å²) in [4.78, 5) is 11.5. The third kappa shape index (κ3) is 4.81. The molecule has 0 aromatic heterocycles. The standard InChI is InChI=1S/C11H21NO4/c1-11(2,3)16-10(14)12-8-4-6-15-7-5-9(8)13/h8-9,13H,4-7H2,1-3H3,(H,12,14)/t8-,9+/m0/s1. The van der Waals surface area contributed by atoms with Gasteiger partial charge >= 0.3 is 6.09 Å². The molecule has 1 saturated heterocycles. The predicted octanol–water partition coefficient (Wildman–Crippen LogP) is 1.05. The van der Waals surface area contributed by atoms with Gasteiger partial charge in [-0.05, 0) is 33.6 Å². The molecule has 0 aromatic rings. The maximum absolute atomic E-state index is 11.5. The fourth-order valence-electron chi connectivity index (χ4n) is 1.54. The van der Waals surface area contributed by atoms with E-state index in [9.17, 15) is 9.90 Å². The number of nitrogens with one attached hydrogen (secondary N) is 1. The van der Waals surface area contributed by atoms with Crippen molar-refractivity contribution in [2.24, 2.45) is 0 Å². The van der Waals surface area contributed by atoms with Crippen LogP contribution in [0.3, 0.4) is 0 Å². The van der Waals surface area contributed by atoms with Crippen molar-refractivity contribution in [1.29, 1.82) is 0 Å². The Labute approximate surface area is 96.1 Å². The highest BCUT2D eigenvalue weighted by atomic mass is 16.6. The van der Waals surface area contributed by atoms with Crippen LogP contribution in [0.2, 0.25) is 0 Å². The van der Waals surface area contributed by atoms with Crippen molar-refractivity contribution in [3.63, 3.8) is 0 Å². The normalized spacial score (nSPS) is 27.0. The molecule has 0 unspecified atom stereocenters. The van der Waals surface area contributed by atoms with Gasteiger partial charge < -0.3 is 19.9 Å². The highest BCUT2D eigenvalue weighted by Gasteiger charge is 2.25. The number of carbonyl (C=O) groups excluding carboxylic acids is 1. The number of hydrogen-bond acceptors (Lipinski definition) is 4. The summed E-state index contributed by atoms with van der Waals surface area (Å²) < 4.78 is 10.4. The van der Waals surface area contributed by atoms with Gasteiger partial charge in [-0.1, -0.05) is 0 Å². The van der Waals surface area contributed by atoms with Crippen LogP contribution in [0.15, 0.2) is 0 Å². The minimum Gasteiger partial charge on any atom is -0.444 e. The lowest BCUT2D eigenvalue weighted by Gasteiger charge is -2.24. The molecule has 0 spiro atoms. The third-order valence-corrected chi connectivity index (χ3v) is 2.30. The van der Waals surface area contributed by atoms with E-state index in [4.69, 9.17) is 9.47 Å². The van der Waals surface area contributed by atoms with Crippen molar-refractivity contribution < 1.29 is 19.4 Å². The number of hydrogen-bond donors (Lipinski definition) is 2. The van der Waals surface area contributed by atoms with Gasteiger partial charge in [0.2, 0.25) is 0 Å². The second-order valence-electron chi connectivity index (χ2n) is 5.01. The van der Waals surface area contributed by atoms with Crippen molar-refractivity contribution in [1.82, 2.24) is 5.32 Å². The van der Waals surface area contributed by atoms with Gasteiger partial charge in [0.25, 0.3) is 0 Å². The Kier molecular flexibility index (Phi) is 4.56. The molecule has 5 nitrogen and oxygen atoms in total. The fraction of sp³-hybridized carbons (Fsp3) is 0.909. The van der Waals surface area contributed by atoms with Gasteiger partial charge in [0.05, 0.1) is 12.1 Å². The van der Waals surface area contributed by atoms with E-state index in [-0.39, 0.29) is 6.04 Å². The van der Waals surface area contributed by atoms with Crippen LogP contribution in [0, 0.1) is 0 Å². The largest absolute Gasteiger partial charge is 0.444 e. The first kappa shape index (κ1) is 13.3. The molecule has 0 aliphatic carbocycles. The minimum absolute atomic E-state index is 0.280. The molecule has 94 valence electrons. The summed E-state index contributed by atoms with van der Waals surface area (Å²) in [5.74, 6) is 0. The number of carbonyl (C=O) groups is 1. The summed E-state index contributed by atoms with van der Waals surface area (Å²) in [5.41, 5.74) is -0.518. The monoisotopic (exact) mass is 231 g/mol. The van der Waals surface area contributed by atoms with Gasteiger partial charge in [0.1, 0.15) is 5.60 Å². The number of amides is 1. The molecule has 5 heteroatoms. The van der Waals surface area contributed by atoms with Crippen LogP contribution in [0.5, 0.6) is 0 Å². The Morgan fingerprint density at radius 2 is 2.00 bits per heavy atom. The van der Waals surface area contributed by atoms with Gasteiger partial charge in [-0.15, -0.1) is 0 Å². The molecule has 0 radical (unpaired) electrons. The van der Waals surface area contributed by atoms with E-state index < -0.39 is 17.8 Å². The van der Waals surface area contributed by atoms with Crippen LogP contribution in [-0.4, -0.2) is 42.2 Å². The molecule has 0 saturated carbocycles. The third-order valence-electron chi connectivity index (χ3n) is 2.30. The molecular formula is C11H21NO4. The van der Waals surface area contributed by atoms with E-state index in [1.807, 2.05) is 0 Å². The maximum Gasteiger partial charge on any atom is 0.407 e. The first-order valence-corrected chi connectivity index (χ1v) is 5.64. The highest BCUT2D eigenvalue weighted by Crippen LogP contribution is 2.11. The Balaban J connectivity index is 2.42. The number of ether oxygens (including phenoxy) is 2. The van der Waals surface area contributed by atoms with Crippen molar-refractivity contribution in [3.8, 4) is 0 Å². The minimum atomic E-state index is -0.560. The Hall–Kier alpha value is -0.810. The quantitative estimate of drug-likeness (QED) is 0.708. The zero-order valence-corrected chi connectivity index (χ0v) is 10.2. The van der Waals surface area contributed by atoms with Crippen LogP contribution in [-0.2, 0) is 9.47 Å². The van der Waals surface area contributed by atoms with E-state index in [1.165, 1.54) is 0 Å². The lowest BCUT2D eigenvalue weighted by Crippen LogP contribution is -2.45. The second-order valence-corrected chi connectivity index (χ2v) is 5.01. The molecule has 2 N–H and O–H groups in total. The lowest BCUT2D eigenvalue weighted by molar-refractivity contribution is 0.0419. The molecule has 1 amide bonds. The zero-order chi connectivity index (χ0) is 12.2. The lowest BCUT2D eigenvalue weighted by atomic mass is 10.1. The molecule has 0 bridgehead atoms. The van der Waals surface area contributed by atoms with Gasteiger partial charge in [-0.2, -0.15) is 0 Å². The van der Waals surface area contributed by atoms with Gasteiger partial charge in [-0.25, -0.2) is 4.79 Å². The summed E-state index contributed by atoms with van der Waals surface area (Å²) in [6.07, 6.45) is 0.106. The number of rotatable bonds is 1. The molecule has 0 aromatic carbocycles. The van der Waals surface area contributed by atoms with Crippen LogP contribution in [0.4, 0.5) is 4.79 Å². The van der Waals surface area contributed by atoms with E-state index >= 15 is 0 Å². The second kappa shape index (κ2) is 5.50. The van der Waals surface area contributed by atoms with E-state index in [0.717, 1.165) is 0 Å². The van der Waals surface area contributed by atoms with Crippen LogP contribution < -0.4 is 5.32 Å². The summed E-state index contributed by atoms with van der Waals surface area (Å²) in [5, 5.41) is 12.4. The molecule has 2 atom stereocenters. The first-order chi connectivity index (χ1) is 7.38. The number of alkyl carbamates (subject to hydrolysis) is 1. The Morgan fingerprint density at radius 3 is 2.62 bits per heavy atom. The topological polar surface area (TPSA) is 67.8 Å². The highest BCUT2D eigenvalue weighted by molar-refractivity contribution is 5.68. The SMILES string of the molecule is CC(C)(C)OC(=O)N[C@H]1CCOCC[C@H]1O. The molecule has 16 heavy (non-hydrogen) atoms. The van der Waals surface area contributed by atoms with Gasteiger partial charge in [-0.3, -0.25) is 0 Å². The molecule has 1 aliphatic rings. The van der Waals surface area contributed by atoms with Crippen molar-refractivity contribution >= 4 is 6.09 Å². The van der Waals surface area contributed by atoms with Crippen LogP contribution in [0.1, 0.15) is 33.6 Å². The van der Waals surface area contributed by atoms with Crippen LogP contribution >= 0.6 is 0 Å². The summed E-state index contributed by atoms with van der Waals surface area (Å²) in [6, 6.07) is -0.280. The first-order valence-electron chi connectivity index (χ1n) is 5.64. The summed E-state index contributed by atoms with van der Waals surface area (Å²) in [6.45, 7) is 6.50. The predicted molar refractivity (Wildman–Crippen MR) is 59.2 cm³/mol. The van der Waals surface area contributed by atoms with E-state index in [1.54, 1.807) is 20.8 Å². The van der Waals surface area contributed by atoms with E-state index in [2.05, 4.69) is 5.32 Å². The molecular weight excluding hydrogens is 210 g/mol. The van der Waals surface area contributed by atoms with Gasteiger partial charge in [0, 0.05) is 13.2 Å². The Bertz CT molecular complexity index is 237. The fourth-order valence-corrected chi connectivity index (χ4v) is 1.54. The van der Waals surface area contributed by atoms with Crippen molar-refractivity contribution in [2.45, 2.75) is 51.4 Å². The summed E-state index contributed by atoms with van der Waals surface area (Å²) >= 11 is 0. The van der Waals surface area contributed by atoms with E-state index in [0.29, 0.717) is 26.1 Å². The number of aliphatic hydroxyl groups is 1. The molecule has 1 aliphatic heterocycles. The average molecular weight is 231 g/mol. The molecule has 1 heterocycles. The maximum atomic E-state index is 11.5.